The molecule has 0 bridgehead atoms. The Bertz CT molecular complexity index is 529. The molecule has 0 radical (unpaired) electrons. The molecule has 4 heteroatoms. The van der Waals surface area contributed by atoms with Crippen LogP contribution in [0.4, 0.5) is 0 Å². The van der Waals surface area contributed by atoms with E-state index in [0.29, 0.717) is 0 Å². The summed E-state index contributed by atoms with van der Waals surface area (Å²) in [5.41, 5.74) is 6.96. The topological polar surface area (TPSA) is 48.1 Å². The van der Waals surface area contributed by atoms with E-state index in [9.17, 15) is 0 Å². The Kier molecular flexibility index (Phi) is 4.23. The minimum atomic E-state index is 0.0256. The van der Waals surface area contributed by atoms with Gasteiger partial charge in [0.25, 0.3) is 0 Å². The summed E-state index contributed by atoms with van der Waals surface area (Å²) in [5, 5.41) is 0.943. The van der Waals surface area contributed by atoms with Crippen LogP contribution in [-0.2, 0) is 0 Å². The quantitative estimate of drug-likeness (QED) is 0.916. The third kappa shape index (κ3) is 3.24. The van der Waals surface area contributed by atoms with Crippen molar-refractivity contribution in [1.82, 2.24) is 4.98 Å². The zero-order valence-electron chi connectivity index (χ0n) is 10.5. The third-order valence-electron chi connectivity index (χ3n) is 2.55. The molecule has 1 atom stereocenters. The summed E-state index contributed by atoms with van der Waals surface area (Å²) >= 11 is 1.60. The van der Waals surface area contributed by atoms with Crippen LogP contribution >= 0.6 is 11.8 Å². The average molecular weight is 260 g/mol. The molecule has 0 saturated carbocycles. The van der Waals surface area contributed by atoms with E-state index in [0.717, 1.165) is 21.2 Å². The molecule has 0 fully saturated rings. The molecule has 2 aromatic rings. The molecule has 0 aliphatic heterocycles. The van der Waals surface area contributed by atoms with E-state index in [1.165, 1.54) is 0 Å². The number of nitrogens with two attached hydrogens (primary N) is 1. The number of aromatic nitrogens is 1. The van der Waals surface area contributed by atoms with Gasteiger partial charge >= 0.3 is 0 Å². The first kappa shape index (κ1) is 12.9. The fourth-order valence-corrected chi connectivity index (χ4v) is 2.42. The lowest BCUT2D eigenvalue weighted by Crippen LogP contribution is -2.04. The van der Waals surface area contributed by atoms with E-state index in [-0.39, 0.29) is 6.04 Å². The highest BCUT2D eigenvalue weighted by molar-refractivity contribution is 7.99. The van der Waals surface area contributed by atoms with Gasteiger partial charge in [-0.1, -0.05) is 17.8 Å². The molecular weight excluding hydrogens is 244 g/mol. The molecular formula is C14H16N2OS. The maximum Gasteiger partial charge on any atom is 0.119 e. The van der Waals surface area contributed by atoms with Crippen LogP contribution in [0.3, 0.4) is 0 Å². The van der Waals surface area contributed by atoms with Crippen molar-refractivity contribution in [3.8, 4) is 5.75 Å². The Hall–Kier alpha value is -1.52. The number of pyridine rings is 1. The highest BCUT2D eigenvalue weighted by atomic mass is 32.2. The smallest absolute Gasteiger partial charge is 0.119 e. The molecule has 2 N–H and O–H groups in total. The summed E-state index contributed by atoms with van der Waals surface area (Å²) in [5.74, 6) is 0.850. The van der Waals surface area contributed by atoms with E-state index in [1.807, 2.05) is 43.3 Å². The van der Waals surface area contributed by atoms with Gasteiger partial charge in [-0.25, -0.2) is 4.98 Å². The van der Waals surface area contributed by atoms with Crippen LogP contribution in [0.2, 0.25) is 0 Å². The standard InChI is InChI=1S/C14H16N2OS/c1-10(15)11-6-7-16-14(8-11)18-13-5-3-4-12(9-13)17-2/h3-10H,15H2,1-2H3/t10-/m0/s1. The Morgan fingerprint density at radius 3 is 2.83 bits per heavy atom. The number of hydrogen-bond acceptors (Lipinski definition) is 4. The van der Waals surface area contributed by atoms with Crippen LogP contribution in [0, 0.1) is 0 Å². The minimum absolute atomic E-state index is 0.0256. The molecule has 0 aliphatic rings. The SMILES string of the molecule is COc1cccc(Sc2cc([C@H](C)N)ccn2)c1. The van der Waals surface area contributed by atoms with Crippen molar-refractivity contribution >= 4 is 11.8 Å². The van der Waals surface area contributed by atoms with Gasteiger partial charge in [-0.2, -0.15) is 0 Å². The Morgan fingerprint density at radius 2 is 2.11 bits per heavy atom. The number of nitrogens with zero attached hydrogens (tertiary/aromatic N) is 1. The molecule has 0 spiro atoms. The third-order valence-corrected chi connectivity index (χ3v) is 3.47. The van der Waals surface area contributed by atoms with Gasteiger partial charge in [0, 0.05) is 17.1 Å². The molecule has 0 amide bonds. The van der Waals surface area contributed by atoms with Crippen molar-refractivity contribution in [2.24, 2.45) is 5.73 Å². The largest absolute Gasteiger partial charge is 0.497 e. The van der Waals surface area contributed by atoms with E-state index in [1.54, 1.807) is 25.1 Å². The predicted molar refractivity (Wildman–Crippen MR) is 74.0 cm³/mol. The number of hydrogen-bond donors (Lipinski definition) is 1. The van der Waals surface area contributed by atoms with Gasteiger partial charge in [0.15, 0.2) is 0 Å². The summed E-state index contributed by atoms with van der Waals surface area (Å²) in [4.78, 5) is 5.44. The average Bonchev–Trinajstić information content (AvgIpc) is 2.39. The first-order valence-corrected chi connectivity index (χ1v) is 6.54. The maximum atomic E-state index is 5.86. The van der Waals surface area contributed by atoms with Gasteiger partial charge < -0.3 is 10.5 Å². The van der Waals surface area contributed by atoms with Gasteiger partial charge in [0.1, 0.15) is 10.8 Å². The van der Waals surface area contributed by atoms with Gasteiger partial charge in [-0.05, 0) is 42.8 Å². The van der Waals surface area contributed by atoms with E-state index < -0.39 is 0 Å². The summed E-state index contributed by atoms with van der Waals surface area (Å²) in [6.45, 7) is 1.97. The summed E-state index contributed by atoms with van der Waals surface area (Å²) in [6, 6.07) is 11.9. The van der Waals surface area contributed by atoms with Gasteiger partial charge in [-0.15, -0.1) is 0 Å². The van der Waals surface area contributed by atoms with Gasteiger partial charge in [0.05, 0.1) is 7.11 Å². The van der Waals surface area contributed by atoms with E-state index >= 15 is 0 Å². The van der Waals surface area contributed by atoms with Crippen LogP contribution in [0.1, 0.15) is 18.5 Å². The zero-order chi connectivity index (χ0) is 13.0. The zero-order valence-corrected chi connectivity index (χ0v) is 11.3. The number of rotatable bonds is 4. The molecule has 94 valence electrons. The van der Waals surface area contributed by atoms with Crippen LogP contribution in [0.25, 0.3) is 0 Å². The van der Waals surface area contributed by atoms with Crippen LogP contribution in [-0.4, -0.2) is 12.1 Å². The van der Waals surface area contributed by atoms with Crippen molar-refractivity contribution in [3.63, 3.8) is 0 Å². The van der Waals surface area contributed by atoms with Crippen molar-refractivity contribution < 1.29 is 4.74 Å². The van der Waals surface area contributed by atoms with Crippen molar-refractivity contribution in [2.45, 2.75) is 22.9 Å². The molecule has 1 aromatic carbocycles. The van der Waals surface area contributed by atoms with Crippen molar-refractivity contribution in [2.75, 3.05) is 7.11 Å². The molecule has 0 aliphatic carbocycles. The van der Waals surface area contributed by atoms with Gasteiger partial charge in [0.2, 0.25) is 0 Å². The lowest BCUT2D eigenvalue weighted by Gasteiger charge is -2.07. The minimum Gasteiger partial charge on any atom is -0.497 e. The Morgan fingerprint density at radius 1 is 1.28 bits per heavy atom. The predicted octanol–water partition coefficient (Wildman–Crippen LogP) is 3.26. The monoisotopic (exact) mass is 260 g/mol. The van der Waals surface area contributed by atoms with Crippen LogP contribution in [0.15, 0.2) is 52.5 Å². The molecule has 18 heavy (non-hydrogen) atoms. The molecule has 1 aromatic heterocycles. The molecule has 3 nitrogen and oxygen atoms in total. The fraction of sp³-hybridized carbons (Fsp3) is 0.214. The number of methoxy groups -OCH3 is 1. The summed E-state index contributed by atoms with van der Waals surface area (Å²) < 4.78 is 5.20. The maximum absolute atomic E-state index is 5.86. The highest BCUT2D eigenvalue weighted by Gasteiger charge is 2.04. The fourth-order valence-electron chi connectivity index (χ4n) is 1.55. The molecule has 2 rings (SSSR count). The summed E-state index contributed by atoms with van der Waals surface area (Å²) in [7, 11) is 1.67. The first-order valence-electron chi connectivity index (χ1n) is 5.72. The molecule has 0 unspecified atom stereocenters. The lowest BCUT2D eigenvalue weighted by atomic mass is 10.1. The first-order chi connectivity index (χ1) is 8.69. The second-order valence-corrected chi connectivity index (χ2v) is 5.09. The molecule has 1 heterocycles. The summed E-state index contributed by atoms with van der Waals surface area (Å²) in [6.07, 6.45) is 1.79. The van der Waals surface area contributed by atoms with E-state index in [4.69, 9.17) is 10.5 Å². The number of ether oxygens (including phenoxy) is 1. The van der Waals surface area contributed by atoms with Crippen molar-refractivity contribution in [1.29, 1.82) is 0 Å². The second kappa shape index (κ2) is 5.89. The van der Waals surface area contributed by atoms with Crippen LogP contribution in [0.5, 0.6) is 5.75 Å². The van der Waals surface area contributed by atoms with Crippen molar-refractivity contribution in [3.05, 3.63) is 48.2 Å². The highest BCUT2D eigenvalue weighted by Crippen LogP contribution is 2.29. The Labute approximate surface area is 111 Å². The van der Waals surface area contributed by atoms with Crippen LogP contribution < -0.4 is 10.5 Å². The van der Waals surface area contributed by atoms with E-state index in [2.05, 4.69) is 4.98 Å². The normalized spacial score (nSPS) is 12.2. The second-order valence-electron chi connectivity index (χ2n) is 4.00. The Balaban J connectivity index is 2.20. The van der Waals surface area contributed by atoms with Gasteiger partial charge in [-0.3, -0.25) is 0 Å². The lowest BCUT2D eigenvalue weighted by molar-refractivity contribution is 0.413. The molecule has 0 saturated heterocycles. The number of benzene rings is 1.